The molecule has 0 aliphatic rings. The van der Waals surface area contributed by atoms with Gasteiger partial charge in [0.1, 0.15) is 0 Å². The van der Waals surface area contributed by atoms with Crippen LogP contribution in [-0.2, 0) is 9.63 Å². The van der Waals surface area contributed by atoms with Crippen LogP contribution in [0, 0.1) is 0 Å². The molecule has 0 saturated heterocycles. The second-order valence-electron chi connectivity index (χ2n) is 2.59. The van der Waals surface area contributed by atoms with E-state index in [0.717, 1.165) is 0 Å². The molecule has 0 aliphatic heterocycles. The highest BCUT2D eigenvalue weighted by Crippen LogP contribution is 2.15. The second kappa shape index (κ2) is 4.95. The number of aliphatic carboxylic acids is 1. The van der Waals surface area contributed by atoms with Crippen LogP contribution in [-0.4, -0.2) is 38.9 Å². The van der Waals surface area contributed by atoms with E-state index in [2.05, 4.69) is 19.4 Å². The molecule has 3 N–H and O–H groups in total. The van der Waals surface area contributed by atoms with Crippen LogP contribution >= 0.6 is 11.5 Å². The first kappa shape index (κ1) is 13.2. The zero-order valence-corrected chi connectivity index (χ0v) is 8.75. The van der Waals surface area contributed by atoms with E-state index in [1.165, 1.54) is 0 Å². The van der Waals surface area contributed by atoms with Crippen LogP contribution in [0.15, 0.2) is 5.16 Å². The van der Waals surface area contributed by atoms with Crippen LogP contribution in [0.5, 0.6) is 0 Å². The lowest BCUT2D eigenvalue weighted by Crippen LogP contribution is -2.20. The van der Waals surface area contributed by atoms with Gasteiger partial charge in [-0.1, -0.05) is 5.16 Å². The molecular weight excluding hydrogens is 265 g/mol. The molecule has 1 aromatic heterocycles. The van der Waals surface area contributed by atoms with Crippen LogP contribution in [0.4, 0.5) is 18.3 Å². The van der Waals surface area contributed by atoms with E-state index >= 15 is 0 Å². The Balaban J connectivity index is 2.80. The third-order valence-corrected chi connectivity index (χ3v) is 1.78. The highest BCUT2D eigenvalue weighted by atomic mass is 32.1. The van der Waals surface area contributed by atoms with E-state index < -0.39 is 30.3 Å². The minimum Gasteiger partial charge on any atom is -0.476 e. The van der Waals surface area contributed by atoms with E-state index in [-0.39, 0.29) is 5.13 Å². The van der Waals surface area contributed by atoms with Gasteiger partial charge < -0.3 is 15.7 Å². The van der Waals surface area contributed by atoms with Gasteiger partial charge in [0.2, 0.25) is 18.1 Å². The van der Waals surface area contributed by atoms with Crippen molar-refractivity contribution in [1.29, 1.82) is 0 Å². The maximum Gasteiger partial charge on any atom is 0.425 e. The maximum atomic E-state index is 11.7. The van der Waals surface area contributed by atoms with Gasteiger partial charge in [0, 0.05) is 11.5 Å². The molecule has 0 fully saturated rings. The molecule has 0 spiro atoms. The number of carbonyl (C=O) groups is 1. The minimum absolute atomic E-state index is 0.0372. The first-order chi connectivity index (χ1) is 7.79. The lowest BCUT2D eigenvalue weighted by atomic mass is 10.4. The van der Waals surface area contributed by atoms with E-state index in [1.54, 1.807) is 0 Å². The third kappa shape index (κ3) is 4.22. The van der Waals surface area contributed by atoms with E-state index in [9.17, 15) is 18.0 Å². The average Bonchev–Trinajstić information content (AvgIpc) is 2.57. The summed E-state index contributed by atoms with van der Waals surface area (Å²) in [5.41, 5.74) is 4.35. The molecule has 11 heteroatoms. The van der Waals surface area contributed by atoms with Crippen LogP contribution < -0.4 is 5.73 Å². The van der Waals surface area contributed by atoms with Gasteiger partial charge in [-0.25, -0.2) is 4.79 Å². The molecule has 1 rings (SSSR count). The molecule has 0 aliphatic carbocycles. The summed E-state index contributed by atoms with van der Waals surface area (Å²) >= 11 is 0.684. The molecule has 1 aromatic rings. The molecule has 7 nitrogen and oxygen atoms in total. The second-order valence-corrected chi connectivity index (χ2v) is 3.37. The van der Waals surface area contributed by atoms with Crippen molar-refractivity contribution in [3.8, 4) is 0 Å². The van der Waals surface area contributed by atoms with Crippen molar-refractivity contribution in [1.82, 2.24) is 9.36 Å². The molecule has 94 valence electrons. The molecule has 0 saturated carbocycles. The molecule has 1 heterocycles. The van der Waals surface area contributed by atoms with Crippen molar-refractivity contribution in [2.45, 2.75) is 6.18 Å². The quantitative estimate of drug-likeness (QED) is 0.608. The Morgan fingerprint density at radius 1 is 1.59 bits per heavy atom. The summed E-state index contributed by atoms with van der Waals surface area (Å²) in [6.07, 6.45) is -4.61. The molecule has 0 unspecified atom stereocenters. The number of carboxylic acid groups (broad SMARTS) is 1. The first-order valence-electron chi connectivity index (χ1n) is 3.89. The van der Waals surface area contributed by atoms with Crippen LogP contribution in [0.25, 0.3) is 0 Å². The van der Waals surface area contributed by atoms with Crippen molar-refractivity contribution >= 4 is 28.3 Å². The Hall–Kier alpha value is -1.91. The van der Waals surface area contributed by atoms with Crippen molar-refractivity contribution in [3.63, 3.8) is 0 Å². The number of alkyl halides is 3. The number of rotatable bonds is 4. The van der Waals surface area contributed by atoms with Crippen LogP contribution in [0.3, 0.4) is 0 Å². The van der Waals surface area contributed by atoms with Gasteiger partial charge in [-0.2, -0.15) is 22.5 Å². The minimum atomic E-state index is -4.61. The molecular formula is C6H5F3N4O3S. The summed E-state index contributed by atoms with van der Waals surface area (Å²) in [5, 5.41) is 11.4. The van der Waals surface area contributed by atoms with Crippen molar-refractivity contribution < 1.29 is 27.9 Å². The summed E-state index contributed by atoms with van der Waals surface area (Å²) in [7, 11) is 0. The fourth-order valence-corrected chi connectivity index (χ4v) is 1.11. The summed E-state index contributed by atoms with van der Waals surface area (Å²) in [5.74, 6) is -2.02. The Morgan fingerprint density at radius 2 is 2.24 bits per heavy atom. The van der Waals surface area contributed by atoms with Gasteiger partial charge in [0.15, 0.2) is 5.13 Å². The van der Waals surface area contributed by atoms with E-state index in [0.29, 0.717) is 11.5 Å². The molecule has 0 atom stereocenters. The van der Waals surface area contributed by atoms with Crippen molar-refractivity contribution in [3.05, 3.63) is 5.82 Å². The monoisotopic (exact) mass is 270 g/mol. The third-order valence-electron chi connectivity index (χ3n) is 1.24. The predicted octanol–water partition coefficient (Wildman–Crippen LogP) is 0.488. The SMILES string of the molecule is Nc1nc(/C(=N/OCC(F)(F)F)C(=O)O)ns1. The average molecular weight is 270 g/mol. The molecule has 0 aromatic carbocycles. The summed E-state index contributed by atoms with van der Waals surface area (Å²) in [6.45, 7) is -1.70. The fourth-order valence-electron chi connectivity index (χ4n) is 0.677. The van der Waals surface area contributed by atoms with Crippen LogP contribution in [0.1, 0.15) is 5.82 Å². The lowest BCUT2D eigenvalue weighted by molar-refractivity contribution is -0.174. The number of halogens is 3. The van der Waals surface area contributed by atoms with Gasteiger partial charge in [0.05, 0.1) is 0 Å². The normalized spacial score (nSPS) is 12.5. The maximum absolute atomic E-state index is 11.7. The van der Waals surface area contributed by atoms with Gasteiger partial charge in [-0.05, 0) is 0 Å². The number of carboxylic acids is 1. The number of hydrogen-bond acceptors (Lipinski definition) is 7. The number of aromatic nitrogens is 2. The van der Waals surface area contributed by atoms with E-state index in [1.807, 2.05) is 0 Å². The Labute approximate surface area is 95.9 Å². The lowest BCUT2D eigenvalue weighted by Gasteiger charge is -2.03. The zero-order valence-electron chi connectivity index (χ0n) is 7.93. The summed E-state index contributed by atoms with van der Waals surface area (Å²) in [6, 6.07) is 0. The fraction of sp³-hybridized carbons (Fsp3) is 0.333. The molecule has 0 amide bonds. The van der Waals surface area contributed by atoms with Crippen molar-refractivity contribution in [2.75, 3.05) is 12.3 Å². The molecule has 17 heavy (non-hydrogen) atoms. The van der Waals surface area contributed by atoms with Gasteiger partial charge >= 0.3 is 12.1 Å². The number of nitrogens with zero attached hydrogens (tertiary/aromatic N) is 3. The zero-order chi connectivity index (χ0) is 13.1. The smallest absolute Gasteiger partial charge is 0.425 e. The van der Waals surface area contributed by atoms with Gasteiger partial charge in [-0.3, -0.25) is 0 Å². The Morgan fingerprint density at radius 3 is 2.65 bits per heavy atom. The molecule has 0 bridgehead atoms. The topological polar surface area (TPSA) is 111 Å². The summed E-state index contributed by atoms with van der Waals surface area (Å²) in [4.78, 5) is 18.0. The Bertz CT molecular complexity index is 444. The number of oxime groups is 1. The van der Waals surface area contributed by atoms with Crippen LogP contribution in [0.2, 0.25) is 0 Å². The number of nitrogens with two attached hydrogens (primary N) is 1. The van der Waals surface area contributed by atoms with Crippen molar-refractivity contribution in [2.24, 2.45) is 5.16 Å². The van der Waals surface area contributed by atoms with E-state index in [4.69, 9.17) is 10.8 Å². The largest absolute Gasteiger partial charge is 0.476 e. The first-order valence-corrected chi connectivity index (χ1v) is 4.66. The number of nitrogen functional groups attached to an aromatic ring is 1. The Kier molecular flexibility index (Phi) is 3.83. The highest BCUT2D eigenvalue weighted by molar-refractivity contribution is 7.09. The van der Waals surface area contributed by atoms with Gasteiger partial charge in [-0.15, -0.1) is 0 Å². The number of hydrogen-bond donors (Lipinski definition) is 2. The molecule has 0 radical (unpaired) electrons. The van der Waals surface area contributed by atoms with Gasteiger partial charge in [0.25, 0.3) is 0 Å². The number of anilines is 1. The summed E-state index contributed by atoms with van der Waals surface area (Å²) < 4.78 is 38.7. The highest BCUT2D eigenvalue weighted by Gasteiger charge is 2.29. The predicted molar refractivity (Wildman–Crippen MR) is 50.5 cm³/mol. The standard InChI is InChI=1S/C6H5F3N4O3S/c7-6(8,9)1-16-12-2(4(14)15)3-11-5(10)17-13-3/h1H2,(H,14,15)(H2,10,11,13)/b12-2-.